The minimum Gasteiger partial charge on any atom is -0.370 e. The third kappa shape index (κ3) is 26.1. The van der Waals surface area contributed by atoms with Gasteiger partial charge in [0.1, 0.15) is 0 Å². The van der Waals surface area contributed by atoms with Crippen LogP contribution in [0.15, 0.2) is 0 Å². The minimum atomic E-state index is -0.624. The molecule has 0 fully saturated rings. The summed E-state index contributed by atoms with van der Waals surface area (Å²) in [5, 5.41) is 0. The van der Waals surface area contributed by atoms with Crippen molar-refractivity contribution < 1.29 is 9.59 Å². The van der Waals surface area contributed by atoms with Gasteiger partial charge >= 0.3 is 0 Å². The fraction of sp³-hybridized carbons (Fsp3) is 0.760. The van der Waals surface area contributed by atoms with Gasteiger partial charge in [0.25, 0.3) is 5.91 Å². The highest BCUT2D eigenvalue weighted by molar-refractivity contribution is 5.92. The molecule has 0 bridgehead atoms. The lowest BCUT2D eigenvalue weighted by Crippen LogP contribution is -2.09. The highest BCUT2D eigenvalue weighted by Gasteiger charge is 1.96. The van der Waals surface area contributed by atoms with Crippen LogP contribution in [-0.4, -0.2) is 11.8 Å². The van der Waals surface area contributed by atoms with Gasteiger partial charge in [0.05, 0.1) is 0 Å². The quantitative estimate of drug-likeness (QED) is 0.225. The molecule has 0 aliphatic rings. The highest BCUT2D eigenvalue weighted by atomic mass is 16.1. The average molecular weight is 403 g/mol. The van der Waals surface area contributed by atoms with Crippen LogP contribution in [0.3, 0.4) is 0 Å². The number of carbonyl (C=O) groups is 2. The molecule has 0 radical (unpaired) electrons. The van der Waals surface area contributed by atoms with Gasteiger partial charge in [-0.2, -0.15) is 0 Å². The van der Waals surface area contributed by atoms with Crippen LogP contribution >= 0.6 is 0 Å². The van der Waals surface area contributed by atoms with Gasteiger partial charge in [-0.25, -0.2) is 0 Å². The van der Waals surface area contributed by atoms with Crippen molar-refractivity contribution in [3.63, 3.8) is 0 Å². The largest absolute Gasteiger partial charge is 0.370 e. The van der Waals surface area contributed by atoms with Crippen LogP contribution in [-0.2, 0) is 9.59 Å². The Morgan fingerprint density at radius 2 is 0.897 bits per heavy atom. The van der Waals surface area contributed by atoms with E-state index in [-0.39, 0.29) is 5.91 Å². The second-order valence-electron chi connectivity index (χ2n) is 7.89. The van der Waals surface area contributed by atoms with Gasteiger partial charge < -0.3 is 11.5 Å². The van der Waals surface area contributed by atoms with Crippen molar-refractivity contribution in [3.05, 3.63) is 0 Å². The number of amides is 2. The summed E-state index contributed by atoms with van der Waals surface area (Å²) in [6.45, 7) is 0. The standard InChI is InChI=1S/C25H42N2O2/c26-24(28)22-20-18-16-14-12-10-8-6-4-2-1-3-5-7-9-11-13-15-17-19-21-23-25(27)29/h1-16,18,20,22H2,(H2,26,28)(H2,27,29). The van der Waals surface area contributed by atoms with Crippen LogP contribution in [0.25, 0.3) is 0 Å². The Labute approximate surface area is 178 Å². The molecule has 0 aliphatic carbocycles. The Morgan fingerprint density at radius 3 is 1.28 bits per heavy atom. The lowest BCUT2D eigenvalue weighted by atomic mass is 10.0. The van der Waals surface area contributed by atoms with E-state index in [1.165, 1.54) is 89.9 Å². The maximum atomic E-state index is 10.6. The molecule has 0 aromatic rings. The molecule has 0 spiro atoms. The second kappa shape index (κ2) is 22.4. The first-order chi connectivity index (χ1) is 14.1. The Hall–Kier alpha value is -1.94. The molecule has 0 saturated carbocycles. The summed E-state index contributed by atoms with van der Waals surface area (Å²) in [6.07, 6.45) is 23.3. The lowest BCUT2D eigenvalue weighted by Gasteiger charge is -2.03. The summed E-state index contributed by atoms with van der Waals surface area (Å²) >= 11 is 0. The van der Waals surface area contributed by atoms with Crippen LogP contribution in [0.1, 0.15) is 122 Å². The SMILES string of the molecule is NC(=O)C#CC#CCCCCCCCCCCCCCCCCCCCC(N)=O. The fourth-order valence-electron chi connectivity index (χ4n) is 3.36. The number of hydrogen-bond acceptors (Lipinski definition) is 2. The van der Waals surface area contributed by atoms with Crippen molar-refractivity contribution in [2.75, 3.05) is 0 Å². The number of rotatable bonds is 19. The monoisotopic (exact) mass is 402 g/mol. The van der Waals surface area contributed by atoms with Crippen LogP contribution in [0.5, 0.6) is 0 Å². The molecule has 0 unspecified atom stereocenters. The van der Waals surface area contributed by atoms with Crippen molar-refractivity contribution in [3.8, 4) is 23.7 Å². The first-order valence-electron chi connectivity index (χ1n) is 11.7. The maximum absolute atomic E-state index is 10.6. The average Bonchev–Trinajstić information content (AvgIpc) is 2.68. The zero-order chi connectivity index (χ0) is 21.4. The van der Waals surface area contributed by atoms with Crippen molar-refractivity contribution in [1.82, 2.24) is 0 Å². The number of carbonyl (C=O) groups excluding carboxylic acids is 2. The lowest BCUT2D eigenvalue weighted by molar-refractivity contribution is -0.118. The van der Waals surface area contributed by atoms with Crippen molar-refractivity contribution in [1.29, 1.82) is 0 Å². The molecule has 4 heteroatoms. The molecule has 0 aromatic carbocycles. The molecule has 0 rings (SSSR count). The molecule has 4 nitrogen and oxygen atoms in total. The van der Waals surface area contributed by atoms with Gasteiger partial charge in [-0.05, 0) is 24.7 Å². The number of unbranched alkanes of at least 4 members (excludes halogenated alkanes) is 17. The van der Waals surface area contributed by atoms with Gasteiger partial charge in [-0.1, -0.05) is 102 Å². The molecule has 0 aromatic heterocycles. The van der Waals surface area contributed by atoms with Crippen LogP contribution < -0.4 is 11.5 Å². The van der Waals surface area contributed by atoms with Gasteiger partial charge in [0.15, 0.2) is 0 Å². The van der Waals surface area contributed by atoms with Gasteiger partial charge in [-0.15, -0.1) is 0 Å². The summed E-state index contributed by atoms with van der Waals surface area (Å²) in [7, 11) is 0. The van der Waals surface area contributed by atoms with E-state index < -0.39 is 5.91 Å². The normalized spacial score (nSPS) is 9.93. The summed E-state index contributed by atoms with van der Waals surface area (Å²) in [5.74, 6) is 9.47. The zero-order valence-corrected chi connectivity index (χ0v) is 18.4. The van der Waals surface area contributed by atoms with E-state index in [2.05, 4.69) is 23.7 Å². The predicted molar refractivity (Wildman–Crippen MR) is 122 cm³/mol. The third-order valence-electron chi connectivity index (χ3n) is 5.06. The fourth-order valence-corrected chi connectivity index (χ4v) is 3.36. The van der Waals surface area contributed by atoms with Crippen molar-refractivity contribution in [2.24, 2.45) is 11.5 Å². The maximum Gasteiger partial charge on any atom is 0.294 e. The molecule has 2 amide bonds. The van der Waals surface area contributed by atoms with Crippen molar-refractivity contribution >= 4 is 11.8 Å². The highest BCUT2D eigenvalue weighted by Crippen LogP contribution is 2.14. The number of nitrogens with two attached hydrogens (primary N) is 2. The topological polar surface area (TPSA) is 86.2 Å². The summed E-state index contributed by atoms with van der Waals surface area (Å²) in [4.78, 5) is 21.0. The Bertz CT molecular complexity index is 534. The summed E-state index contributed by atoms with van der Waals surface area (Å²) < 4.78 is 0. The third-order valence-corrected chi connectivity index (χ3v) is 5.06. The smallest absolute Gasteiger partial charge is 0.294 e. The molecule has 164 valence electrons. The molecule has 0 heterocycles. The van der Waals surface area contributed by atoms with E-state index in [4.69, 9.17) is 11.5 Å². The summed E-state index contributed by atoms with van der Waals surface area (Å²) in [6, 6.07) is 0. The molecule has 0 aliphatic heterocycles. The molecule has 29 heavy (non-hydrogen) atoms. The van der Waals surface area contributed by atoms with E-state index in [1.807, 2.05) is 0 Å². The molecule has 4 N–H and O–H groups in total. The van der Waals surface area contributed by atoms with Gasteiger partial charge in [-0.3, -0.25) is 9.59 Å². The van der Waals surface area contributed by atoms with E-state index in [9.17, 15) is 9.59 Å². The molecule has 0 atom stereocenters. The zero-order valence-electron chi connectivity index (χ0n) is 18.4. The van der Waals surface area contributed by atoms with Crippen LogP contribution in [0.2, 0.25) is 0 Å². The van der Waals surface area contributed by atoms with E-state index in [0.717, 1.165) is 25.7 Å². The second-order valence-corrected chi connectivity index (χ2v) is 7.89. The Morgan fingerprint density at radius 1 is 0.517 bits per heavy atom. The van der Waals surface area contributed by atoms with Crippen molar-refractivity contribution in [2.45, 2.75) is 122 Å². The van der Waals surface area contributed by atoms with E-state index >= 15 is 0 Å². The van der Waals surface area contributed by atoms with Crippen LogP contribution in [0.4, 0.5) is 0 Å². The molecular weight excluding hydrogens is 360 g/mol. The number of hydrogen-bond donors (Lipinski definition) is 2. The summed E-state index contributed by atoms with van der Waals surface area (Å²) in [5.41, 5.74) is 10.0. The number of primary amides is 2. The van der Waals surface area contributed by atoms with E-state index in [1.54, 1.807) is 0 Å². The van der Waals surface area contributed by atoms with E-state index in [0.29, 0.717) is 6.42 Å². The Kier molecular flexibility index (Phi) is 20.9. The predicted octanol–water partition coefficient (Wildman–Crippen LogP) is 5.38. The first-order valence-corrected chi connectivity index (χ1v) is 11.7. The minimum absolute atomic E-state index is 0.169. The first kappa shape index (κ1) is 27.1. The van der Waals surface area contributed by atoms with Gasteiger partial charge in [0, 0.05) is 18.8 Å². The molecule has 0 saturated heterocycles. The van der Waals surface area contributed by atoms with Gasteiger partial charge in [0.2, 0.25) is 5.91 Å². The Balaban J connectivity index is 3.13. The van der Waals surface area contributed by atoms with Crippen LogP contribution in [0, 0.1) is 23.7 Å². The molecular formula is C25H42N2O2.